The van der Waals surface area contributed by atoms with Crippen molar-refractivity contribution in [1.82, 2.24) is 4.98 Å². The molecule has 1 fully saturated rings. The van der Waals surface area contributed by atoms with Crippen LogP contribution >= 0.6 is 11.3 Å². The van der Waals surface area contributed by atoms with Gasteiger partial charge >= 0.3 is 0 Å². The van der Waals surface area contributed by atoms with E-state index >= 15 is 0 Å². The van der Waals surface area contributed by atoms with E-state index in [0.717, 1.165) is 11.0 Å². The van der Waals surface area contributed by atoms with E-state index in [1.807, 2.05) is 24.3 Å². The number of benzene rings is 1. The van der Waals surface area contributed by atoms with E-state index in [4.69, 9.17) is 9.15 Å². The van der Waals surface area contributed by atoms with Crippen LogP contribution in [0.3, 0.4) is 0 Å². The molecule has 26 heavy (non-hydrogen) atoms. The molecule has 0 saturated heterocycles. The zero-order chi connectivity index (χ0) is 18.3. The lowest BCUT2D eigenvalue weighted by molar-refractivity contribution is -0.125. The first-order chi connectivity index (χ1) is 12.4. The van der Waals surface area contributed by atoms with Crippen LogP contribution < -0.4 is 10.1 Å². The van der Waals surface area contributed by atoms with Gasteiger partial charge in [0.25, 0.3) is 0 Å². The second kappa shape index (κ2) is 6.41. The second-order valence-electron chi connectivity index (χ2n) is 7.08. The van der Waals surface area contributed by atoms with Gasteiger partial charge in [0.05, 0.1) is 16.7 Å². The molecule has 1 saturated carbocycles. The molecular weight excluding hydrogens is 352 g/mol. The number of carbonyl (C=O) groups excluding carboxylic acids is 1. The molecule has 1 amide bonds. The lowest BCUT2D eigenvalue weighted by Crippen LogP contribution is -2.40. The standard InChI is InChI=1S/C19H20N2O4S/c1-19(2,23)15-10-20-18(26-15)21-17(22)12-8-13(9-12)25-14-5-3-4-11-6-7-24-16(11)14/h3-7,10,12-13,23H,8-9H2,1-2H3,(H,20,21,22). The maximum absolute atomic E-state index is 12.3. The van der Waals surface area contributed by atoms with E-state index in [9.17, 15) is 9.90 Å². The number of hydrogen-bond donors (Lipinski definition) is 2. The molecule has 2 aromatic heterocycles. The van der Waals surface area contributed by atoms with E-state index in [1.165, 1.54) is 11.3 Å². The number of thiazole rings is 1. The van der Waals surface area contributed by atoms with Crippen molar-refractivity contribution in [2.24, 2.45) is 5.92 Å². The molecule has 2 N–H and O–H groups in total. The third kappa shape index (κ3) is 3.32. The Labute approximate surface area is 154 Å². The summed E-state index contributed by atoms with van der Waals surface area (Å²) in [5.74, 6) is 0.564. The molecule has 1 aliphatic carbocycles. The summed E-state index contributed by atoms with van der Waals surface area (Å²) in [5.41, 5.74) is -0.217. The number of nitrogens with zero attached hydrogens (tertiary/aromatic N) is 1. The average Bonchev–Trinajstić information content (AvgIpc) is 3.18. The van der Waals surface area contributed by atoms with E-state index in [1.54, 1.807) is 26.3 Å². The van der Waals surface area contributed by atoms with Gasteiger partial charge in [-0.25, -0.2) is 4.98 Å². The van der Waals surface area contributed by atoms with Gasteiger partial charge in [0.15, 0.2) is 16.5 Å². The molecule has 0 atom stereocenters. The summed E-state index contributed by atoms with van der Waals surface area (Å²) in [4.78, 5) is 17.2. The van der Waals surface area contributed by atoms with Gasteiger partial charge in [-0.15, -0.1) is 0 Å². The molecule has 0 spiro atoms. The molecule has 0 bridgehead atoms. The Morgan fingerprint density at radius 3 is 2.92 bits per heavy atom. The predicted octanol–water partition coefficient (Wildman–Crippen LogP) is 3.91. The SMILES string of the molecule is CC(C)(O)c1cnc(NC(=O)C2CC(Oc3cccc4ccoc34)C2)s1. The van der Waals surface area contributed by atoms with E-state index in [0.29, 0.717) is 28.6 Å². The van der Waals surface area contributed by atoms with Crippen molar-refractivity contribution < 1.29 is 19.1 Å². The van der Waals surface area contributed by atoms with Gasteiger partial charge in [-0.2, -0.15) is 0 Å². The van der Waals surface area contributed by atoms with Crippen molar-refractivity contribution in [3.63, 3.8) is 0 Å². The number of hydrogen-bond acceptors (Lipinski definition) is 6. The zero-order valence-corrected chi connectivity index (χ0v) is 15.4. The molecule has 0 unspecified atom stereocenters. The number of anilines is 1. The second-order valence-corrected chi connectivity index (χ2v) is 8.11. The molecule has 4 rings (SSSR count). The third-order valence-corrected chi connectivity index (χ3v) is 5.77. The van der Waals surface area contributed by atoms with Crippen molar-refractivity contribution in [2.45, 2.75) is 38.4 Å². The Hall–Kier alpha value is -2.38. The molecule has 0 aliphatic heterocycles. The number of rotatable bonds is 5. The van der Waals surface area contributed by atoms with Crippen LogP contribution in [0.4, 0.5) is 5.13 Å². The van der Waals surface area contributed by atoms with Crippen LogP contribution in [0.15, 0.2) is 41.1 Å². The summed E-state index contributed by atoms with van der Waals surface area (Å²) in [6.45, 7) is 3.39. The number of carbonyl (C=O) groups is 1. The minimum absolute atomic E-state index is 0.00433. The van der Waals surface area contributed by atoms with Crippen LogP contribution in [-0.4, -0.2) is 22.1 Å². The topological polar surface area (TPSA) is 84.6 Å². The lowest BCUT2D eigenvalue weighted by Gasteiger charge is -2.34. The normalized spacial score (nSPS) is 20.0. The van der Waals surface area contributed by atoms with Crippen LogP contribution in [0.25, 0.3) is 11.0 Å². The number of para-hydroxylation sites is 1. The van der Waals surface area contributed by atoms with Crippen LogP contribution in [0, 0.1) is 5.92 Å². The highest BCUT2D eigenvalue weighted by Gasteiger charge is 2.37. The summed E-state index contributed by atoms with van der Waals surface area (Å²) in [7, 11) is 0. The maximum atomic E-state index is 12.3. The van der Waals surface area contributed by atoms with Crippen LogP contribution in [0.5, 0.6) is 5.75 Å². The molecule has 1 aromatic carbocycles. The molecule has 1 aliphatic rings. The van der Waals surface area contributed by atoms with Gasteiger partial charge in [-0.1, -0.05) is 23.5 Å². The third-order valence-electron chi connectivity index (χ3n) is 4.54. The van der Waals surface area contributed by atoms with Gasteiger partial charge in [0.1, 0.15) is 6.10 Å². The summed E-state index contributed by atoms with van der Waals surface area (Å²) < 4.78 is 11.5. The quantitative estimate of drug-likeness (QED) is 0.709. The molecule has 0 radical (unpaired) electrons. The van der Waals surface area contributed by atoms with Gasteiger partial charge in [-0.05, 0) is 38.8 Å². The van der Waals surface area contributed by atoms with E-state index in [-0.39, 0.29) is 17.9 Å². The van der Waals surface area contributed by atoms with Crippen molar-refractivity contribution >= 4 is 33.3 Å². The minimum Gasteiger partial charge on any atom is -0.486 e. The summed E-state index contributed by atoms with van der Waals surface area (Å²) >= 11 is 1.29. The molecule has 7 heteroatoms. The van der Waals surface area contributed by atoms with Crippen LogP contribution in [0.2, 0.25) is 0 Å². The fourth-order valence-electron chi connectivity index (χ4n) is 2.94. The van der Waals surface area contributed by atoms with Gasteiger partial charge < -0.3 is 19.6 Å². The number of furan rings is 1. The highest BCUT2D eigenvalue weighted by molar-refractivity contribution is 7.15. The maximum Gasteiger partial charge on any atom is 0.229 e. The highest BCUT2D eigenvalue weighted by atomic mass is 32.1. The van der Waals surface area contributed by atoms with Crippen molar-refractivity contribution in [3.8, 4) is 5.75 Å². The minimum atomic E-state index is -0.955. The zero-order valence-electron chi connectivity index (χ0n) is 14.6. The summed E-state index contributed by atoms with van der Waals surface area (Å²) in [6, 6.07) is 7.68. The van der Waals surface area contributed by atoms with Crippen molar-refractivity contribution in [2.75, 3.05) is 5.32 Å². The molecule has 6 nitrogen and oxygen atoms in total. The number of fused-ring (bicyclic) bond motifs is 1. The first-order valence-corrected chi connectivity index (χ1v) is 9.34. The van der Waals surface area contributed by atoms with Gasteiger partial charge in [-0.3, -0.25) is 4.79 Å². The number of amides is 1. The summed E-state index contributed by atoms with van der Waals surface area (Å²) in [6.07, 6.45) is 4.56. The Kier molecular flexibility index (Phi) is 4.20. The summed E-state index contributed by atoms with van der Waals surface area (Å²) in [5, 5.41) is 14.3. The van der Waals surface area contributed by atoms with E-state index < -0.39 is 5.60 Å². The fraction of sp³-hybridized carbons (Fsp3) is 0.368. The lowest BCUT2D eigenvalue weighted by atomic mass is 9.81. The van der Waals surface area contributed by atoms with Gasteiger partial charge in [0, 0.05) is 17.5 Å². The van der Waals surface area contributed by atoms with Crippen molar-refractivity contribution in [3.05, 3.63) is 41.6 Å². The molecule has 2 heterocycles. The fourth-order valence-corrected chi connectivity index (χ4v) is 3.76. The Morgan fingerprint density at radius 2 is 2.19 bits per heavy atom. The Bertz CT molecular complexity index is 934. The Balaban J connectivity index is 1.32. The monoisotopic (exact) mass is 372 g/mol. The van der Waals surface area contributed by atoms with Crippen LogP contribution in [-0.2, 0) is 10.4 Å². The van der Waals surface area contributed by atoms with E-state index in [2.05, 4.69) is 10.3 Å². The van der Waals surface area contributed by atoms with Crippen LogP contribution in [0.1, 0.15) is 31.6 Å². The highest BCUT2D eigenvalue weighted by Crippen LogP contribution is 2.36. The molecular formula is C19H20N2O4S. The number of aromatic nitrogens is 1. The van der Waals surface area contributed by atoms with Gasteiger partial charge in [0.2, 0.25) is 5.91 Å². The molecule has 136 valence electrons. The average molecular weight is 372 g/mol. The number of ether oxygens (including phenoxy) is 1. The first-order valence-electron chi connectivity index (χ1n) is 8.52. The smallest absolute Gasteiger partial charge is 0.229 e. The first kappa shape index (κ1) is 17.1. The largest absolute Gasteiger partial charge is 0.486 e. The number of aliphatic hydroxyl groups is 1. The molecule has 3 aromatic rings. The Morgan fingerprint density at radius 1 is 1.38 bits per heavy atom. The number of nitrogens with one attached hydrogen (secondary N) is 1. The predicted molar refractivity (Wildman–Crippen MR) is 99.3 cm³/mol. The van der Waals surface area contributed by atoms with Crippen molar-refractivity contribution in [1.29, 1.82) is 0 Å².